The van der Waals surface area contributed by atoms with E-state index in [4.69, 9.17) is 5.11 Å². The molecule has 2 aromatic rings. The Hall–Kier alpha value is -2.20. The van der Waals surface area contributed by atoms with Crippen LogP contribution in [0.1, 0.15) is 46.8 Å². The Morgan fingerprint density at radius 3 is 2.57 bits per heavy atom. The summed E-state index contributed by atoms with van der Waals surface area (Å²) in [5, 5.41) is 12.6. The van der Waals surface area contributed by atoms with Crippen molar-refractivity contribution in [2.75, 3.05) is 0 Å². The SMILES string of the molecule is O=C(O)c1cccc(CNC(c2ccc(F)cc2)C2CCC2)c1. The molecule has 0 amide bonds. The lowest BCUT2D eigenvalue weighted by Crippen LogP contribution is -2.32. The third kappa shape index (κ3) is 3.77. The van der Waals surface area contributed by atoms with Crippen LogP contribution >= 0.6 is 0 Å². The van der Waals surface area contributed by atoms with Gasteiger partial charge in [0.15, 0.2) is 0 Å². The molecule has 4 heteroatoms. The number of carbonyl (C=O) groups is 1. The fourth-order valence-corrected chi connectivity index (χ4v) is 3.04. The van der Waals surface area contributed by atoms with E-state index in [9.17, 15) is 9.18 Å². The molecule has 0 spiro atoms. The third-order valence-electron chi connectivity index (χ3n) is 4.55. The van der Waals surface area contributed by atoms with Crippen molar-refractivity contribution in [2.24, 2.45) is 5.92 Å². The first kappa shape index (κ1) is 15.7. The highest BCUT2D eigenvalue weighted by atomic mass is 19.1. The second kappa shape index (κ2) is 6.92. The van der Waals surface area contributed by atoms with E-state index in [-0.39, 0.29) is 11.9 Å². The number of rotatable bonds is 6. The number of hydrogen-bond donors (Lipinski definition) is 2. The summed E-state index contributed by atoms with van der Waals surface area (Å²) in [4.78, 5) is 11.1. The van der Waals surface area contributed by atoms with Gasteiger partial charge < -0.3 is 10.4 Å². The number of hydrogen-bond acceptors (Lipinski definition) is 2. The molecule has 0 aromatic heterocycles. The number of carboxylic acid groups (broad SMARTS) is 1. The van der Waals surface area contributed by atoms with Gasteiger partial charge in [0, 0.05) is 12.6 Å². The van der Waals surface area contributed by atoms with Crippen LogP contribution in [0, 0.1) is 11.7 Å². The van der Waals surface area contributed by atoms with Gasteiger partial charge in [-0.25, -0.2) is 9.18 Å². The maximum atomic E-state index is 13.1. The highest BCUT2D eigenvalue weighted by Crippen LogP contribution is 2.37. The maximum Gasteiger partial charge on any atom is 0.335 e. The van der Waals surface area contributed by atoms with Crippen LogP contribution in [0.2, 0.25) is 0 Å². The molecule has 3 rings (SSSR count). The molecule has 0 radical (unpaired) electrons. The summed E-state index contributed by atoms with van der Waals surface area (Å²) in [7, 11) is 0. The van der Waals surface area contributed by atoms with Gasteiger partial charge in [-0.15, -0.1) is 0 Å². The maximum absolute atomic E-state index is 13.1. The van der Waals surface area contributed by atoms with Crippen LogP contribution in [0.3, 0.4) is 0 Å². The number of nitrogens with one attached hydrogen (secondary N) is 1. The molecule has 1 saturated carbocycles. The Bertz CT molecular complexity index is 680. The van der Waals surface area contributed by atoms with Crippen molar-refractivity contribution in [1.29, 1.82) is 0 Å². The lowest BCUT2D eigenvalue weighted by atomic mass is 9.77. The molecule has 2 N–H and O–H groups in total. The molecule has 1 aliphatic carbocycles. The van der Waals surface area contributed by atoms with Gasteiger partial charge in [0.25, 0.3) is 0 Å². The van der Waals surface area contributed by atoms with E-state index in [0.29, 0.717) is 18.0 Å². The summed E-state index contributed by atoms with van der Waals surface area (Å²) in [5.74, 6) is -0.584. The molecule has 1 aliphatic rings. The van der Waals surface area contributed by atoms with Gasteiger partial charge in [-0.05, 0) is 54.2 Å². The lowest BCUT2D eigenvalue weighted by Gasteiger charge is -2.35. The number of carboxylic acids is 1. The molecule has 120 valence electrons. The Morgan fingerprint density at radius 2 is 1.96 bits per heavy atom. The van der Waals surface area contributed by atoms with E-state index < -0.39 is 5.97 Å². The van der Waals surface area contributed by atoms with Crippen LogP contribution in [0.4, 0.5) is 4.39 Å². The molecular weight excluding hydrogens is 293 g/mol. The summed E-state index contributed by atoms with van der Waals surface area (Å²) in [6, 6.07) is 13.8. The third-order valence-corrected chi connectivity index (χ3v) is 4.55. The van der Waals surface area contributed by atoms with Crippen LogP contribution in [-0.2, 0) is 6.54 Å². The number of aromatic carboxylic acids is 1. The summed E-state index contributed by atoms with van der Waals surface area (Å²) in [6.45, 7) is 0.597. The number of benzene rings is 2. The van der Waals surface area contributed by atoms with Crippen LogP contribution in [0.5, 0.6) is 0 Å². The van der Waals surface area contributed by atoms with Crippen LogP contribution in [0.15, 0.2) is 48.5 Å². The van der Waals surface area contributed by atoms with E-state index in [1.807, 2.05) is 18.2 Å². The van der Waals surface area contributed by atoms with Crippen LogP contribution in [0.25, 0.3) is 0 Å². The van der Waals surface area contributed by atoms with Crippen molar-refractivity contribution in [3.8, 4) is 0 Å². The largest absolute Gasteiger partial charge is 0.478 e. The second-order valence-corrected chi connectivity index (χ2v) is 6.11. The summed E-state index contributed by atoms with van der Waals surface area (Å²) in [6.07, 6.45) is 3.58. The molecule has 23 heavy (non-hydrogen) atoms. The average Bonchev–Trinajstić information content (AvgIpc) is 2.50. The second-order valence-electron chi connectivity index (χ2n) is 6.11. The molecule has 0 saturated heterocycles. The Kier molecular flexibility index (Phi) is 4.72. The van der Waals surface area contributed by atoms with Gasteiger partial charge >= 0.3 is 5.97 Å². The smallest absolute Gasteiger partial charge is 0.335 e. The van der Waals surface area contributed by atoms with Gasteiger partial charge in [-0.1, -0.05) is 30.7 Å². The highest BCUT2D eigenvalue weighted by molar-refractivity contribution is 5.87. The first-order chi connectivity index (χ1) is 11.1. The van der Waals surface area contributed by atoms with Crippen molar-refractivity contribution in [3.63, 3.8) is 0 Å². The Labute approximate surface area is 135 Å². The average molecular weight is 313 g/mol. The first-order valence-electron chi connectivity index (χ1n) is 7.94. The van der Waals surface area contributed by atoms with Crippen molar-refractivity contribution in [2.45, 2.75) is 31.8 Å². The monoisotopic (exact) mass is 313 g/mol. The minimum atomic E-state index is -0.916. The van der Waals surface area contributed by atoms with Gasteiger partial charge in [0.2, 0.25) is 0 Å². The molecule has 3 nitrogen and oxygen atoms in total. The molecule has 1 unspecified atom stereocenters. The quantitative estimate of drug-likeness (QED) is 0.842. The van der Waals surface area contributed by atoms with E-state index >= 15 is 0 Å². The van der Waals surface area contributed by atoms with Gasteiger partial charge in [-0.2, -0.15) is 0 Å². The molecule has 2 aromatic carbocycles. The minimum Gasteiger partial charge on any atom is -0.478 e. The van der Waals surface area contributed by atoms with Crippen molar-refractivity contribution in [1.82, 2.24) is 5.32 Å². The van der Waals surface area contributed by atoms with Crippen molar-refractivity contribution in [3.05, 3.63) is 71.0 Å². The molecular formula is C19H20FNO2. The summed E-state index contributed by atoms with van der Waals surface area (Å²) >= 11 is 0. The van der Waals surface area contributed by atoms with E-state index in [1.54, 1.807) is 18.2 Å². The van der Waals surface area contributed by atoms with E-state index in [0.717, 1.165) is 11.1 Å². The highest BCUT2D eigenvalue weighted by Gasteiger charge is 2.28. The minimum absolute atomic E-state index is 0.179. The van der Waals surface area contributed by atoms with Crippen LogP contribution < -0.4 is 5.32 Å². The predicted octanol–water partition coefficient (Wildman–Crippen LogP) is 4.15. The topological polar surface area (TPSA) is 49.3 Å². The zero-order chi connectivity index (χ0) is 16.2. The van der Waals surface area contributed by atoms with Gasteiger partial charge in [0.1, 0.15) is 5.82 Å². The van der Waals surface area contributed by atoms with Crippen molar-refractivity contribution >= 4 is 5.97 Å². The molecule has 0 bridgehead atoms. The van der Waals surface area contributed by atoms with E-state index in [2.05, 4.69) is 5.32 Å². The molecule has 0 aliphatic heterocycles. The normalized spacial score (nSPS) is 15.9. The zero-order valence-corrected chi connectivity index (χ0v) is 12.8. The van der Waals surface area contributed by atoms with Gasteiger partial charge in [0.05, 0.1) is 5.56 Å². The van der Waals surface area contributed by atoms with Crippen molar-refractivity contribution < 1.29 is 14.3 Å². The van der Waals surface area contributed by atoms with E-state index in [1.165, 1.54) is 31.4 Å². The van der Waals surface area contributed by atoms with Gasteiger partial charge in [-0.3, -0.25) is 0 Å². The molecule has 1 fully saturated rings. The number of halogens is 1. The zero-order valence-electron chi connectivity index (χ0n) is 12.8. The van der Waals surface area contributed by atoms with Crippen LogP contribution in [-0.4, -0.2) is 11.1 Å². The predicted molar refractivity (Wildman–Crippen MR) is 86.7 cm³/mol. The summed E-state index contributed by atoms with van der Waals surface area (Å²) < 4.78 is 13.1. The Balaban J connectivity index is 1.73. The lowest BCUT2D eigenvalue weighted by molar-refractivity contribution is 0.0696. The standard InChI is InChI=1S/C19H20FNO2/c20-17-9-7-15(8-10-17)18(14-4-2-5-14)21-12-13-3-1-6-16(11-13)19(22)23/h1,3,6-11,14,18,21H,2,4-5,12H2,(H,22,23). The summed E-state index contributed by atoms with van der Waals surface area (Å²) in [5.41, 5.74) is 2.33. The fourth-order valence-electron chi connectivity index (χ4n) is 3.04. The first-order valence-corrected chi connectivity index (χ1v) is 7.94. The Morgan fingerprint density at radius 1 is 1.22 bits per heavy atom. The fraction of sp³-hybridized carbons (Fsp3) is 0.316. The molecule has 0 heterocycles. The molecule has 1 atom stereocenters.